The molecular weight excluding hydrogens is 227 g/mol. The van der Waals surface area contributed by atoms with E-state index in [2.05, 4.69) is 10.2 Å². The summed E-state index contributed by atoms with van der Waals surface area (Å²) >= 11 is 0. The predicted molar refractivity (Wildman–Crippen MR) is 60.6 cm³/mol. The largest absolute Gasteiger partial charge is 0.480 e. The van der Waals surface area contributed by atoms with E-state index in [-0.39, 0.29) is 24.8 Å². The second kappa shape index (κ2) is 7.29. The molecule has 1 heterocycles. The summed E-state index contributed by atoms with van der Waals surface area (Å²) in [7, 11) is 2.05. The fourth-order valence-electron chi connectivity index (χ4n) is 1.50. The predicted octanol–water partition coefficient (Wildman–Crippen LogP) is 0.597. The maximum absolute atomic E-state index is 10.5. The summed E-state index contributed by atoms with van der Waals surface area (Å²) in [6.45, 7) is 3.70. The Balaban J connectivity index is 0. The Bertz CT molecular complexity index is 181. The average Bonchev–Trinajstić information content (AvgIpc) is 2.35. The Labute approximate surface area is 96.9 Å². The van der Waals surface area contributed by atoms with Gasteiger partial charge in [0, 0.05) is 12.6 Å². The Hall–Kier alpha value is -0.0300. The van der Waals surface area contributed by atoms with Gasteiger partial charge in [0.2, 0.25) is 0 Å². The molecule has 0 radical (unpaired) electrons. The Morgan fingerprint density at radius 2 is 2.14 bits per heavy atom. The number of nitrogens with one attached hydrogen (secondary N) is 1. The molecule has 0 aromatic carbocycles. The van der Waals surface area contributed by atoms with Crippen LogP contribution in [0.4, 0.5) is 0 Å². The van der Waals surface area contributed by atoms with Crippen LogP contribution in [0, 0.1) is 0 Å². The van der Waals surface area contributed by atoms with Gasteiger partial charge < -0.3 is 15.3 Å². The monoisotopic (exact) mass is 244 g/mol. The van der Waals surface area contributed by atoms with Gasteiger partial charge in [0.25, 0.3) is 0 Å². The smallest absolute Gasteiger partial charge is 0.320 e. The molecule has 0 bridgehead atoms. The van der Waals surface area contributed by atoms with Gasteiger partial charge in [0.05, 0.1) is 0 Å². The summed E-state index contributed by atoms with van der Waals surface area (Å²) in [6, 6.07) is -0.0809. The normalized spacial score (nSPS) is 23.4. The van der Waals surface area contributed by atoms with Crippen molar-refractivity contribution in [2.45, 2.75) is 25.4 Å². The minimum atomic E-state index is -0.774. The van der Waals surface area contributed by atoms with Crippen molar-refractivity contribution in [2.24, 2.45) is 0 Å². The van der Waals surface area contributed by atoms with Crippen molar-refractivity contribution in [3.63, 3.8) is 0 Å². The minimum absolute atomic E-state index is 0. The first-order chi connectivity index (χ1) is 5.59. The second-order valence-electron chi connectivity index (χ2n) is 3.47. The summed E-state index contributed by atoms with van der Waals surface area (Å²) in [5.74, 6) is -0.774. The van der Waals surface area contributed by atoms with Crippen LogP contribution in [0.25, 0.3) is 0 Å². The van der Waals surface area contributed by atoms with E-state index >= 15 is 0 Å². The fraction of sp³-hybridized carbons (Fsp3) is 0.875. The SMILES string of the molecule is C[C@@H](NC1CCN(C)C1)C(=O)O.Cl.Cl. The summed E-state index contributed by atoms with van der Waals surface area (Å²) in [5.41, 5.74) is 0. The van der Waals surface area contributed by atoms with E-state index < -0.39 is 12.0 Å². The average molecular weight is 245 g/mol. The van der Waals surface area contributed by atoms with Crippen molar-refractivity contribution >= 4 is 30.8 Å². The lowest BCUT2D eigenvalue weighted by Crippen LogP contribution is -2.42. The van der Waals surface area contributed by atoms with E-state index in [1.807, 2.05) is 7.05 Å². The molecule has 2 atom stereocenters. The van der Waals surface area contributed by atoms with Crippen LogP contribution >= 0.6 is 24.8 Å². The zero-order valence-electron chi connectivity index (χ0n) is 8.40. The van der Waals surface area contributed by atoms with E-state index in [0.29, 0.717) is 6.04 Å². The molecule has 0 aromatic heterocycles. The molecule has 1 rings (SSSR count). The number of carboxylic acids is 1. The highest BCUT2D eigenvalue weighted by Gasteiger charge is 2.22. The van der Waals surface area contributed by atoms with Crippen LogP contribution in [-0.4, -0.2) is 48.2 Å². The molecule has 2 N–H and O–H groups in total. The van der Waals surface area contributed by atoms with Gasteiger partial charge in [-0.1, -0.05) is 0 Å². The molecular formula is C8H18Cl2N2O2. The van der Waals surface area contributed by atoms with Crippen LogP contribution in [0.2, 0.25) is 0 Å². The van der Waals surface area contributed by atoms with Crippen molar-refractivity contribution in [3.8, 4) is 0 Å². The quantitative estimate of drug-likeness (QED) is 0.764. The van der Waals surface area contributed by atoms with Crippen molar-refractivity contribution in [1.82, 2.24) is 10.2 Å². The van der Waals surface area contributed by atoms with Crippen LogP contribution in [0.15, 0.2) is 0 Å². The van der Waals surface area contributed by atoms with Gasteiger partial charge in [0.15, 0.2) is 0 Å². The number of carbonyl (C=O) groups is 1. The lowest BCUT2D eigenvalue weighted by atomic mass is 10.2. The number of nitrogens with zero attached hydrogens (tertiary/aromatic N) is 1. The molecule has 1 aliphatic rings. The van der Waals surface area contributed by atoms with Gasteiger partial charge in [-0.3, -0.25) is 4.79 Å². The van der Waals surface area contributed by atoms with E-state index in [1.165, 1.54) is 0 Å². The molecule has 86 valence electrons. The molecule has 4 nitrogen and oxygen atoms in total. The van der Waals surface area contributed by atoms with Crippen LogP contribution < -0.4 is 5.32 Å². The third-order valence-electron chi connectivity index (χ3n) is 2.25. The molecule has 0 spiro atoms. The van der Waals surface area contributed by atoms with Crippen LogP contribution in [0.3, 0.4) is 0 Å². The van der Waals surface area contributed by atoms with Gasteiger partial charge in [-0.25, -0.2) is 0 Å². The standard InChI is InChI=1S/C8H16N2O2.2ClH/c1-6(8(11)12)9-7-3-4-10(2)5-7;;/h6-7,9H,3-5H2,1-2H3,(H,11,12);2*1H/t6-,7?;;/m1../s1. The summed E-state index contributed by atoms with van der Waals surface area (Å²) in [4.78, 5) is 12.7. The maximum atomic E-state index is 10.5. The minimum Gasteiger partial charge on any atom is -0.480 e. The molecule has 14 heavy (non-hydrogen) atoms. The van der Waals surface area contributed by atoms with E-state index in [0.717, 1.165) is 19.5 Å². The first-order valence-corrected chi connectivity index (χ1v) is 4.27. The van der Waals surface area contributed by atoms with Crippen LogP contribution in [-0.2, 0) is 4.79 Å². The molecule has 1 fully saturated rings. The van der Waals surface area contributed by atoms with Crippen molar-refractivity contribution in [2.75, 3.05) is 20.1 Å². The zero-order chi connectivity index (χ0) is 9.14. The first-order valence-electron chi connectivity index (χ1n) is 4.27. The maximum Gasteiger partial charge on any atom is 0.320 e. The highest BCUT2D eigenvalue weighted by Crippen LogP contribution is 2.06. The fourth-order valence-corrected chi connectivity index (χ4v) is 1.50. The number of halogens is 2. The number of likely N-dealkylation sites (N-methyl/N-ethyl adjacent to an activating group) is 1. The molecule has 1 unspecified atom stereocenters. The summed E-state index contributed by atoms with van der Waals surface area (Å²) in [6.07, 6.45) is 1.05. The number of likely N-dealkylation sites (tertiary alicyclic amines) is 1. The third kappa shape index (κ3) is 5.00. The van der Waals surface area contributed by atoms with Crippen molar-refractivity contribution in [3.05, 3.63) is 0 Å². The van der Waals surface area contributed by atoms with E-state index in [1.54, 1.807) is 6.92 Å². The molecule has 0 saturated carbocycles. The highest BCUT2D eigenvalue weighted by molar-refractivity contribution is 5.85. The highest BCUT2D eigenvalue weighted by atomic mass is 35.5. The van der Waals surface area contributed by atoms with Gasteiger partial charge >= 0.3 is 5.97 Å². The number of carboxylic acid groups (broad SMARTS) is 1. The van der Waals surface area contributed by atoms with Gasteiger partial charge in [0.1, 0.15) is 6.04 Å². The second-order valence-corrected chi connectivity index (χ2v) is 3.47. The van der Waals surface area contributed by atoms with Crippen LogP contribution in [0.1, 0.15) is 13.3 Å². The topological polar surface area (TPSA) is 52.6 Å². The lowest BCUT2D eigenvalue weighted by molar-refractivity contribution is -0.139. The molecule has 0 aromatic rings. The summed E-state index contributed by atoms with van der Waals surface area (Å²) in [5, 5.41) is 11.7. The molecule has 1 saturated heterocycles. The molecule has 0 amide bonds. The number of rotatable bonds is 3. The molecule has 0 aliphatic carbocycles. The van der Waals surface area contributed by atoms with Gasteiger partial charge in [-0.15, -0.1) is 24.8 Å². The van der Waals surface area contributed by atoms with E-state index in [9.17, 15) is 4.79 Å². The Morgan fingerprint density at radius 1 is 1.57 bits per heavy atom. The first kappa shape index (κ1) is 16.4. The van der Waals surface area contributed by atoms with Crippen molar-refractivity contribution < 1.29 is 9.90 Å². The number of hydrogen-bond acceptors (Lipinski definition) is 3. The van der Waals surface area contributed by atoms with Crippen molar-refractivity contribution in [1.29, 1.82) is 0 Å². The van der Waals surface area contributed by atoms with Crippen LogP contribution in [0.5, 0.6) is 0 Å². The number of aliphatic carboxylic acids is 1. The van der Waals surface area contributed by atoms with E-state index in [4.69, 9.17) is 5.11 Å². The summed E-state index contributed by atoms with van der Waals surface area (Å²) < 4.78 is 0. The zero-order valence-corrected chi connectivity index (χ0v) is 10.0. The molecule has 1 aliphatic heterocycles. The van der Waals surface area contributed by atoms with Gasteiger partial charge in [-0.2, -0.15) is 0 Å². The lowest BCUT2D eigenvalue weighted by Gasteiger charge is -2.15. The third-order valence-corrected chi connectivity index (χ3v) is 2.25. The molecule has 6 heteroatoms. The number of hydrogen-bond donors (Lipinski definition) is 2. The Kier molecular flexibility index (Phi) is 8.54. The Morgan fingerprint density at radius 3 is 2.50 bits per heavy atom. The van der Waals surface area contributed by atoms with Gasteiger partial charge in [-0.05, 0) is 26.9 Å².